The molecule has 2 aromatic carbocycles. The van der Waals surface area contributed by atoms with Gasteiger partial charge in [-0.05, 0) is 42.5 Å². The summed E-state index contributed by atoms with van der Waals surface area (Å²) in [5, 5.41) is 12.9. The minimum Gasteiger partial charge on any atom is -0.435 e. The molecule has 3 heterocycles. The Balaban J connectivity index is 0.000000356. The monoisotopic (exact) mass is 483 g/mol. The van der Waals surface area contributed by atoms with Gasteiger partial charge in [-0.15, -0.1) is 5.10 Å². The van der Waals surface area contributed by atoms with E-state index in [1.165, 1.54) is 35.6 Å². The summed E-state index contributed by atoms with van der Waals surface area (Å²) in [5.41, 5.74) is 4.27. The third kappa shape index (κ3) is 5.70. The van der Waals surface area contributed by atoms with Gasteiger partial charge in [-0.3, -0.25) is 4.57 Å². The van der Waals surface area contributed by atoms with Crippen LogP contribution in [0.2, 0.25) is 0 Å². The average molecular weight is 483 g/mol. The highest BCUT2D eigenvalue weighted by Gasteiger charge is 2.15. The van der Waals surface area contributed by atoms with Gasteiger partial charge >= 0.3 is 6.61 Å². The largest absolute Gasteiger partial charge is 0.435 e. The summed E-state index contributed by atoms with van der Waals surface area (Å²) >= 11 is 0. The summed E-state index contributed by atoms with van der Waals surface area (Å²) in [7, 11) is 0. The van der Waals surface area contributed by atoms with E-state index in [1.54, 1.807) is 41.3 Å². The van der Waals surface area contributed by atoms with E-state index in [4.69, 9.17) is 5.84 Å². The zero-order valence-corrected chi connectivity index (χ0v) is 18.4. The highest BCUT2D eigenvalue weighted by atomic mass is 19.3. The molecular formula is C22H20F3N9O. The summed E-state index contributed by atoms with van der Waals surface area (Å²) in [5.74, 6) is 6.24. The smallest absolute Gasteiger partial charge is 0.387 e. The number of allylic oxidation sites excluding steroid dienone is 1. The molecule has 4 aromatic rings. The van der Waals surface area contributed by atoms with Crippen LogP contribution in [0, 0.1) is 5.82 Å². The Hall–Kier alpha value is -4.52. The number of halogens is 3. The molecule has 35 heavy (non-hydrogen) atoms. The van der Waals surface area contributed by atoms with Crippen molar-refractivity contribution in [3.8, 4) is 23.0 Å². The fraction of sp³-hybridized carbons (Fsp3) is 0.136. The van der Waals surface area contributed by atoms with Crippen LogP contribution < -0.4 is 16.1 Å². The molecule has 180 valence electrons. The second kappa shape index (κ2) is 10.6. The number of alkyl halides is 2. The van der Waals surface area contributed by atoms with Crippen LogP contribution in [0.5, 0.6) is 5.75 Å². The number of nitrogens with two attached hydrogens (primary N) is 1. The molecule has 0 saturated carbocycles. The number of hydrazone groups is 1. The minimum absolute atomic E-state index is 0.0345. The molecule has 0 aliphatic carbocycles. The van der Waals surface area contributed by atoms with Crippen LogP contribution >= 0.6 is 0 Å². The number of ether oxygens (including phenoxy) is 1. The number of hydrazine groups is 2. The lowest BCUT2D eigenvalue weighted by atomic mass is 10.2. The maximum absolute atomic E-state index is 13.8. The number of hydrogen-bond donors (Lipinski definition) is 2. The number of nitrogens with zero attached hydrogens (tertiary/aromatic N) is 7. The van der Waals surface area contributed by atoms with Crippen molar-refractivity contribution >= 4 is 17.2 Å². The van der Waals surface area contributed by atoms with E-state index in [-0.39, 0.29) is 11.6 Å². The van der Waals surface area contributed by atoms with Gasteiger partial charge in [0.25, 0.3) is 0 Å². The zero-order valence-electron chi connectivity index (χ0n) is 18.4. The molecule has 1 aliphatic heterocycles. The van der Waals surface area contributed by atoms with E-state index in [0.717, 1.165) is 0 Å². The first-order valence-corrected chi connectivity index (χ1v) is 10.4. The number of hydrogen-bond acceptors (Lipinski definition) is 9. The quantitative estimate of drug-likeness (QED) is 0.415. The summed E-state index contributed by atoms with van der Waals surface area (Å²) in [6.07, 6.45) is 7.07. The van der Waals surface area contributed by atoms with Crippen LogP contribution in [0.1, 0.15) is 12.7 Å². The molecule has 0 bridgehead atoms. The predicted octanol–water partition coefficient (Wildman–Crippen LogP) is 3.36. The Morgan fingerprint density at radius 2 is 1.91 bits per heavy atom. The Labute approximate surface area is 197 Å². The number of fused-ring (bicyclic) bond motifs is 1. The molecule has 3 N–H and O–H groups in total. The first-order chi connectivity index (χ1) is 16.9. The fourth-order valence-corrected chi connectivity index (χ4v) is 3.21. The molecular weight excluding hydrogens is 463 g/mol. The predicted molar refractivity (Wildman–Crippen MR) is 123 cm³/mol. The van der Waals surface area contributed by atoms with Crippen LogP contribution in [0.15, 0.2) is 66.0 Å². The lowest BCUT2D eigenvalue weighted by molar-refractivity contribution is -0.0498. The number of aryl methyl sites for hydroxylation is 1. The summed E-state index contributed by atoms with van der Waals surface area (Å²) < 4.78 is 44.4. The van der Waals surface area contributed by atoms with E-state index < -0.39 is 6.61 Å². The van der Waals surface area contributed by atoms with Crippen molar-refractivity contribution in [3.63, 3.8) is 0 Å². The van der Waals surface area contributed by atoms with Gasteiger partial charge in [0, 0.05) is 24.3 Å². The highest BCUT2D eigenvalue weighted by molar-refractivity contribution is 5.78. The van der Waals surface area contributed by atoms with E-state index in [9.17, 15) is 13.2 Å². The standard InChI is InChI=1S/C19H14F3N5O.C3H6N4/c1-2-16-24-14-8-5-12(20)9-15(14)27(16)17-10-23-26-18(25-17)11-3-6-13(7-4-11)28-19(21)22;4-7-3-1-2-5-6-7/h3-10,19H,2H2,1H3;1-3,6H,4H2. The minimum atomic E-state index is -2.89. The van der Waals surface area contributed by atoms with E-state index in [1.807, 2.05) is 6.92 Å². The molecule has 10 nitrogen and oxygen atoms in total. The normalized spacial score (nSPS) is 12.5. The van der Waals surface area contributed by atoms with Gasteiger partial charge in [0.1, 0.15) is 17.4 Å². The van der Waals surface area contributed by atoms with Crippen LogP contribution in [0.4, 0.5) is 13.2 Å². The number of benzene rings is 2. The van der Waals surface area contributed by atoms with Crippen LogP contribution in [0.25, 0.3) is 28.2 Å². The van der Waals surface area contributed by atoms with Crippen molar-refractivity contribution in [2.75, 3.05) is 0 Å². The molecule has 13 heteroatoms. The third-order valence-corrected chi connectivity index (χ3v) is 4.70. The SMILES string of the molecule is CCc1nc2ccc(F)cc2n1-c1cnnc(-c2ccc(OC(F)F)cc2)n1.NN1C=CC=NN1. The number of aromatic nitrogens is 5. The Morgan fingerprint density at radius 1 is 1.11 bits per heavy atom. The second-order valence-corrected chi connectivity index (χ2v) is 7.02. The van der Waals surface area contributed by atoms with Gasteiger partial charge in [0.15, 0.2) is 11.6 Å². The van der Waals surface area contributed by atoms with E-state index in [0.29, 0.717) is 40.5 Å². The van der Waals surface area contributed by atoms with Crippen molar-refractivity contribution in [3.05, 3.63) is 72.6 Å². The molecule has 5 rings (SSSR count). The topological polar surface area (TPSA) is 119 Å². The van der Waals surface area contributed by atoms with Crippen LogP contribution in [-0.4, -0.2) is 42.7 Å². The Kier molecular flexibility index (Phi) is 7.16. The number of imidazole rings is 1. The maximum Gasteiger partial charge on any atom is 0.387 e. The molecule has 1 aliphatic rings. The second-order valence-electron chi connectivity index (χ2n) is 7.02. The first kappa shape index (κ1) is 23.6. The summed E-state index contributed by atoms with van der Waals surface area (Å²) in [6, 6.07) is 10.3. The molecule has 0 radical (unpaired) electrons. The maximum atomic E-state index is 13.8. The third-order valence-electron chi connectivity index (χ3n) is 4.70. The van der Waals surface area contributed by atoms with Crippen LogP contribution in [0.3, 0.4) is 0 Å². The Bertz CT molecular complexity index is 1360. The molecule has 0 fully saturated rings. The first-order valence-electron chi connectivity index (χ1n) is 10.4. The van der Waals surface area contributed by atoms with Gasteiger partial charge in [-0.1, -0.05) is 6.92 Å². The molecule has 0 atom stereocenters. The van der Waals surface area contributed by atoms with Crippen molar-refractivity contribution in [1.82, 2.24) is 35.4 Å². The molecule has 0 saturated heterocycles. The fourth-order valence-electron chi connectivity index (χ4n) is 3.21. The molecule has 0 unspecified atom stereocenters. The van der Waals surface area contributed by atoms with Gasteiger partial charge < -0.3 is 4.74 Å². The van der Waals surface area contributed by atoms with Gasteiger partial charge in [0.2, 0.25) is 0 Å². The highest BCUT2D eigenvalue weighted by Crippen LogP contribution is 2.24. The summed E-state index contributed by atoms with van der Waals surface area (Å²) in [6.45, 7) is -0.958. The van der Waals surface area contributed by atoms with Gasteiger partial charge in [-0.2, -0.15) is 19.0 Å². The Morgan fingerprint density at radius 3 is 2.54 bits per heavy atom. The lowest BCUT2D eigenvalue weighted by Crippen LogP contribution is -2.36. The molecule has 0 spiro atoms. The molecule has 2 aromatic heterocycles. The van der Waals surface area contributed by atoms with Gasteiger partial charge in [-0.25, -0.2) is 30.9 Å². The lowest BCUT2D eigenvalue weighted by Gasteiger charge is -2.12. The van der Waals surface area contributed by atoms with Gasteiger partial charge in [0.05, 0.1) is 23.4 Å². The van der Waals surface area contributed by atoms with Crippen molar-refractivity contribution in [2.45, 2.75) is 20.0 Å². The van der Waals surface area contributed by atoms with Crippen molar-refractivity contribution in [1.29, 1.82) is 0 Å². The number of nitrogens with one attached hydrogen (secondary N) is 1. The average Bonchev–Trinajstić information content (AvgIpc) is 3.23. The van der Waals surface area contributed by atoms with Crippen molar-refractivity contribution < 1.29 is 17.9 Å². The van der Waals surface area contributed by atoms with Crippen molar-refractivity contribution in [2.24, 2.45) is 10.9 Å². The zero-order chi connectivity index (χ0) is 24.8. The van der Waals surface area contributed by atoms with E-state index in [2.05, 4.69) is 35.5 Å². The summed E-state index contributed by atoms with van der Waals surface area (Å²) in [4.78, 5) is 9.01. The van der Waals surface area contributed by atoms with Crippen LogP contribution in [-0.2, 0) is 6.42 Å². The van der Waals surface area contributed by atoms with E-state index >= 15 is 0 Å². The molecule has 0 amide bonds. The number of rotatable bonds is 5.